The van der Waals surface area contributed by atoms with E-state index in [1.807, 2.05) is 26.0 Å². The number of nitriles is 1. The van der Waals surface area contributed by atoms with Gasteiger partial charge in [-0.3, -0.25) is 4.90 Å². The summed E-state index contributed by atoms with van der Waals surface area (Å²) in [5.74, 6) is 0.733. The van der Waals surface area contributed by atoms with Gasteiger partial charge in [-0.1, -0.05) is 0 Å². The number of hydrogen-bond acceptors (Lipinski definition) is 3. The molecule has 3 heteroatoms. The fourth-order valence-electron chi connectivity index (χ4n) is 1.25. The third-order valence-electron chi connectivity index (χ3n) is 2.31. The first-order valence-corrected chi connectivity index (χ1v) is 4.39. The van der Waals surface area contributed by atoms with Crippen molar-refractivity contribution in [2.24, 2.45) is 0 Å². The van der Waals surface area contributed by atoms with Crippen LogP contribution in [0.2, 0.25) is 0 Å². The molecule has 0 heterocycles. The van der Waals surface area contributed by atoms with Gasteiger partial charge in [0.2, 0.25) is 0 Å². The molecule has 1 aromatic rings. The second-order valence-corrected chi connectivity index (χ2v) is 3.27. The second-order valence-electron chi connectivity index (χ2n) is 3.27. The molecular weight excluding hydrogens is 176 g/mol. The van der Waals surface area contributed by atoms with Crippen LogP contribution in [-0.2, 0) is 0 Å². The van der Waals surface area contributed by atoms with E-state index in [1.165, 1.54) is 4.90 Å². The molecule has 0 bridgehead atoms. The number of nitrogens with zero attached hydrogens (tertiary/aromatic N) is 2. The standard InChI is InChI=1S/C11H14N2O/c1-8-5-10(13(3)7-12)11(14-4)6-9(8)2/h5-6H,1-4H3. The van der Waals surface area contributed by atoms with Gasteiger partial charge in [0.25, 0.3) is 0 Å². The van der Waals surface area contributed by atoms with Crippen LogP contribution in [0.3, 0.4) is 0 Å². The summed E-state index contributed by atoms with van der Waals surface area (Å²) in [6, 6.07) is 3.90. The van der Waals surface area contributed by atoms with Crippen molar-refractivity contribution in [2.45, 2.75) is 13.8 Å². The van der Waals surface area contributed by atoms with Crippen LogP contribution in [0.5, 0.6) is 5.75 Å². The topological polar surface area (TPSA) is 36.3 Å². The number of benzene rings is 1. The van der Waals surface area contributed by atoms with E-state index in [2.05, 4.69) is 6.19 Å². The third kappa shape index (κ3) is 1.80. The van der Waals surface area contributed by atoms with E-state index < -0.39 is 0 Å². The van der Waals surface area contributed by atoms with Gasteiger partial charge in [-0.2, -0.15) is 5.26 Å². The van der Waals surface area contributed by atoms with E-state index >= 15 is 0 Å². The summed E-state index contributed by atoms with van der Waals surface area (Å²) >= 11 is 0. The lowest BCUT2D eigenvalue weighted by Crippen LogP contribution is -2.10. The van der Waals surface area contributed by atoms with E-state index in [4.69, 9.17) is 10.00 Å². The van der Waals surface area contributed by atoms with Crippen LogP contribution in [0.4, 0.5) is 5.69 Å². The first-order valence-electron chi connectivity index (χ1n) is 4.39. The fraction of sp³-hybridized carbons (Fsp3) is 0.364. The van der Waals surface area contributed by atoms with Crippen LogP contribution < -0.4 is 9.64 Å². The van der Waals surface area contributed by atoms with Gasteiger partial charge in [0.1, 0.15) is 5.75 Å². The predicted octanol–water partition coefficient (Wildman–Crippen LogP) is 2.23. The molecule has 3 nitrogen and oxygen atoms in total. The zero-order valence-electron chi connectivity index (χ0n) is 8.96. The monoisotopic (exact) mass is 190 g/mol. The van der Waals surface area contributed by atoms with Crippen molar-refractivity contribution in [2.75, 3.05) is 19.1 Å². The zero-order chi connectivity index (χ0) is 10.7. The van der Waals surface area contributed by atoms with Crippen molar-refractivity contribution in [1.82, 2.24) is 0 Å². The molecule has 1 aromatic carbocycles. The zero-order valence-corrected chi connectivity index (χ0v) is 8.96. The number of aryl methyl sites for hydroxylation is 2. The molecule has 0 radical (unpaired) electrons. The SMILES string of the molecule is COc1cc(C)c(C)cc1N(C)C#N. The highest BCUT2D eigenvalue weighted by molar-refractivity contribution is 5.63. The average molecular weight is 190 g/mol. The van der Waals surface area contributed by atoms with Gasteiger partial charge in [-0.25, -0.2) is 0 Å². The summed E-state index contributed by atoms with van der Waals surface area (Å²) in [5, 5.41) is 8.79. The Bertz CT molecular complexity index is 380. The molecule has 0 aromatic heterocycles. The third-order valence-corrected chi connectivity index (χ3v) is 2.31. The van der Waals surface area contributed by atoms with Gasteiger partial charge in [0, 0.05) is 7.05 Å². The minimum absolute atomic E-state index is 0.733. The van der Waals surface area contributed by atoms with Crippen molar-refractivity contribution in [3.05, 3.63) is 23.3 Å². The van der Waals surface area contributed by atoms with E-state index in [-0.39, 0.29) is 0 Å². The van der Waals surface area contributed by atoms with Crippen molar-refractivity contribution in [3.63, 3.8) is 0 Å². The minimum Gasteiger partial charge on any atom is -0.495 e. The second kappa shape index (κ2) is 4.01. The molecular formula is C11H14N2O. The molecule has 0 saturated carbocycles. The molecule has 0 spiro atoms. The number of anilines is 1. The molecule has 0 aliphatic rings. The van der Waals surface area contributed by atoms with Crippen molar-refractivity contribution in [3.8, 4) is 11.9 Å². The molecule has 0 N–H and O–H groups in total. The first kappa shape index (κ1) is 10.4. The molecule has 0 amide bonds. The largest absolute Gasteiger partial charge is 0.495 e. The maximum absolute atomic E-state index is 8.79. The van der Waals surface area contributed by atoms with Gasteiger partial charge in [0.05, 0.1) is 12.8 Å². The van der Waals surface area contributed by atoms with E-state index in [0.29, 0.717) is 0 Å². The summed E-state index contributed by atoms with van der Waals surface area (Å²) in [4.78, 5) is 1.49. The van der Waals surface area contributed by atoms with E-state index in [1.54, 1.807) is 14.2 Å². The predicted molar refractivity (Wildman–Crippen MR) is 56.5 cm³/mol. The minimum atomic E-state index is 0.733. The quantitative estimate of drug-likeness (QED) is 0.530. The molecule has 0 unspecified atom stereocenters. The van der Waals surface area contributed by atoms with Gasteiger partial charge in [0.15, 0.2) is 6.19 Å². The number of hydrogen-bond donors (Lipinski definition) is 0. The molecule has 1 rings (SSSR count). The lowest BCUT2D eigenvalue weighted by atomic mass is 10.1. The first-order chi connectivity index (χ1) is 6.60. The van der Waals surface area contributed by atoms with Gasteiger partial charge in [-0.15, -0.1) is 0 Å². The Morgan fingerprint density at radius 2 is 1.86 bits per heavy atom. The highest BCUT2D eigenvalue weighted by atomic mass is 16.5. The van der Waals surface area contributed by atoms with Crippen LogP contribution >= 0.6 is 0 Å². The van der Waals surface area contributed by atoms with Crippen LogP contribution in [0, 0.1) is 25.3 Å². The summed E-state index contributed by atoms with van der Waals surface area (Å²) < 4.78 is 5.21. The Morgan fingerprint density at radius 1 is 1.29 bits per heavy atom. The maximum atomic E-state index is 8.79. The van der Waals surface area contributed by atoms with Crippen LogP contribution in [0.1, 0.15) is 11.1 Å². The molecule has 14 heavy (non-hydrogen) atoms. The average Bonchev–Trinajstić information content (AvgIpc) is 2.20. The van der Waals surface area contributed by atoms with Gasteiger partial charge in [-0.05, 0) is 37.1 Å². The Hall–Kier alpha value is -1.69. The van der Waals surface area contributed by atoms with Crippen LogP contribution in [-0.4, -0.2) is 14.2 Å². The molecule has 0 aliphatic heterocycles. The molecule has 0 atom stereocenters. The lowest BCUT2D eigenvalue weighted by Gasteiger charge is -2.15. The number of ether oxygens (including phenoxy) is 1. The number of methoxy groups -OCH3 is 1. The van der Waals surface area contributed by atoms with E-state index in [9.17, 15) is 0 Å². The molecule has 0 aliphatic carbocycles. The normalized spacial score (nSPS) is 9.36. The van der Waals surface area contributed by atoms with Crippen LogP contribution in [0.25, 0.3) is 0 Å². The van der Waals surface area contributed by atoms with Crippen LogP contribution in [0.15, 0.2) is 12.1 Å². The lowest BCUT2D eigenvalue weighted by molar-refractivity contribution is 0.415. The Labute approximate surface area is 84.5 Å². The summed E-state index contributed by atoms with van der Waals surface area (Å²) in [6.45, 7) is 4.04. The summed E-state index contributed by atoms with van der Waals surface area (Å²) in [6.07, 6.45) is 2.06. The smallest absolute Gasteiger partial charge is 0.184 e. The van der Waals surface area contributed by atoms with E-state index in [0.717, 1.165) is 22.6 Å². The molecule has 0 saturated heterocycles. The van der Waals surface area contributed by atoms with Gasteiger partial charge >= 0.3 is 0 Å². The number of rotatable bonds is 2. The van der Waals surface area contributed by atoms with Crippen molar-refractivity contribution < 1.29 is 4.74 Å². The summed E-state index contributed by atoms with van der Waals surface area (Å²) in [5.41, 5.74) is 3.12. The Kier molecular flexibility index (Phi) is 2.98. The maximum Gasteiger partial charge on any atom is 0.184 e. The van der Waals surface area contributed by atoms with Gasteiger partial charge < -0.3 is 4.74 Å². The highest BCUT2D eigenvalue weighted by Gasteiger charge is 2.09. The molecule has 74 valence electrons. The van der Waals surface area contributed by atoms with Crippen molar-refractivity contribution >= 4 is 5.69 Å². The molecule has 0 fully saturated rings. The Morgan fingerprint density at radius 3 is 2.36 bits per heavy atom. The Balaban J connectivity index is 3.28. The van der Waals surface area contributed by atoms with Crippen molar-refractivity contribution in [1.29, 1.82) is 5.26 Å². The summed E-state index contributed by atoms with van der Waals surface area (Å²) in [7, 11) is 3.32. The fourth-order valence-corrected chi connectivity index (χ4v) is 1.25. The highest BCUT2D eigenvalue weighted by Crippen LogP contribution is 2.30.